The Labute approximate surface area is 152 Å². The fourth-order valence-electron chi connectivity index (χ4n) is 2.90. The summed E-state index contributed by atoms with van der Waals surface area (Å²) < 4.78 is 0. The van der Waals surface area contributed by atoms with Crippen LogP contribution < -0.4 is 10.9 Å². The van der Waals surface area contributed by atoms with Crippen LogP contribution in [0, 0.1) is 0 Å². The minimum atomic E-state index is -0.106. The van der Waals surface area contributed by atoms with Crippen LogP contribution in [0.25, 0.3) is 10.9 Å². The van der Waals surface area contributed by atoms with Crippen molar-refractivity contribution < 1.29 is 0 Å². The number of benzene rings is 1. The molecule has 4 aromatic rings. The maximum Gasteiger partial charge on any atom is 0.271 e. The van der Waals surface area contributed by atoms with E-state index in [1.54, 1.807) is 18.0 Å². The van der Waals surface area contributed by atoms with Gasteiger partial charge in [-0.2, -0.15) is 5.10 Å². The number of nitrogens with zero attached hydrogens (tertiary/aromatic N) is 2. The molecule has 0 atom stereocenters. The van der Waals surface area contributed by atoms with E-state index >= 15 is 0 Å². The van der Waals surface area contributed by atoms with Gasteiger partial charge in [0.25, 0.3) is 5.56 Å². The Morgan fingerprint density at radius 2 is 2.04 bits per heavy atom. The van der Waals surface area contributed by atoms with Crippen molar-refractivity contribution in [1.82, 2.24) is 25.4 Å². The number of aromatic nitrogens is 5. The molecule has 1 saturated carbocycles. The van der Waals surface area contributed by atoms with Gasteiger partial charge in [0.1, 0.15) is 5.03 Å². The number of aromatic amines is 3. The Balaban J connectivity index is 1.35. The van der Waals surface area contributed by atoms with Crippen LogP contribution in [0.3, 0.4) is 0 Å². The highest BCUT2D eigenvalue weighted by Gasteiger charge is 2.25. The highest BCUT2D eigenvalue weighted by molar-refractivity contribution is 7.99. The standard InChI is InChI=1S/C18H16N6OS/c25-18-13-4-3-12(8-15(13)22-24-18)26-17-7-11(5-6-19-17)20-16-9-14(21-23-16)10-1-2-10/h3-10H,1-2H2,(H2,22,24,25)(H2,19,20,21,23). The van der Waals surface area contributed by atoms with E-state index in [1.807, 2.05) is 30.3 Å². The molecule has 26 heavy (non-hydrogen) atoms. The maximum atomic E-state index is 11.6. The molecule has 0 unspecified atom stereocenters. The number of rotatable bonds is 5. The monoisotopic (exact) mass is 364 g/mol. The summed E-state index contributed by atoms with van der Waals surface area (Å²) in [5.41, 5.74) is 2.82. The quantitative estimate of drug-likeness (QED) is 0.432. The molecule has 0 radical (unpaired) electrons. The van der Waals surface area contributed by atoms with Crippen LogP contribution in [0.5, 0.6) is 0 Å². The third-order valence-electron chi connectivity index (χ3n) is 4.39. The summed E-state index contributed by atoms with van der Waals surface area (Å²) in [6, 6.07) is 11.7. The van der Waals surface area contributed by atoms with E-state index in [9.17, 15) is 4.79 Å². The normalized spacial score (nSPS) is 14.0. The summed E-state index contributed by atoms with van der Waals surface area (Å²) in [6.45, 7) is 0. The van der Waals surface area contributed by atoms with E-state index in [1.165, 1.54) is 18.5 Å². The van der Waals surface area contributed by atoms with Crippen molar-refractivity contribution >= 4 is 34.2 Å². The van der Waals surface area contributed by atoms with E-state index in [0.29, 0.717) is 11.3 Å². The smallest absolute Gasteiger partial charge is 0.271 e. The lowest BCUT2D eigenvalue weighted by atomic mass is 10.2. The molecule has 0 saturated heterocycles. The minimum absolute atomic E-state index is 0.106. The molecule has 3 aromatic heterocycles. The second kappa shape index (κ2) is 6.06. The van der Waals surface area contributed by atoms with Crippen LogP contribution in [-0.4, -0.2) is 25.4 Å². The highest BCUT2D eigenvalue weighted by Crippen LogP contribution is 2.39. The molecule has 0 amide bonds. The summed E-state index contributed by atoms with van der Waals surface area (Å²) in [7, 11) is 0. The zero-order valence-corrected chi connectivity index (χ0v) is 14.6. The summed E-state index contributed by atoms with van der Waals surface area (Å²) in [5, 5.41) is 17.7. The topological polar surface area (TPSA) is 102 Å². The first kappa shape index (κ1) is 15.3. The second-order valence-electron chi connectivity index (χ2n) is 6.38. The van der Waals surface area contributed by atoms with Gasteiger partial charge in [0.05, 0.1) is 10.9 Å². The van der Waals surface area contributed by atoms with E-state index in [-0.39, 0.29) is 5.56 Å². The predicted octanol–water partition coefficient (Wildman–Crippen LogP) is 3.75. The van der Waals surface area contributed by atoms with Crippen molar-refractivity contribution in [3.05, 3.63) is 58.6 Å². The number of anilines is 2. The molecule has 1 fully saturated rings. The summed E-state index contributed by atoms with van der Waals surface area (Å²) >= 11 is 1.54. The predicted molar refractivity (Wildman–Crippen MR) is 101 cm³/mol. The Morgan fingerprint density at radius 3 is 2.92 bits per heavy atom. The van der Waals surface area contributed by atoms with Gasteiger partial charge in [-0.05, 0) is 43.2 Å². The fraction of sp³-hybridized carbons (Fsp3) is 0.167. The van der Waals surface area contributed by atoms with Crippen LogP contribution in [-0.2, 0) is 0 Å². The molecule has 7 nitrogen and oxygen atoms in total. The first-order valence-electron chi connectivity index (χ1n) is 8.41. The molecule has 0 bridgehead atoms. The third-order valence-corrected chi connectivity index (χ3v) is 5.31. The van der Waals surface area contributed by atoms with E-state index in [2.05, 4.69) is 36.8 Å². The van der Waals surface area contributed by atoms with Gasteiger partial charge in [0.2, 0.25) is 0 Å². The average molecular weight is 364 g/mol. The Hall–Kier alpha value is -3.00. The number of fused-ring (bicyclic) bond motifs is 1. The van der Waals surface area contributed by atoms with Crippen LogP contribution in [0.4, 0.5) is 11.5 Å². The van der Waals surface area contributed by atoms with Crippen molar-refractivity contribution in [2.45, 2.75) is 28.7 Å². The van der Waals surface area contributed by atoms with E-state index in [4.69, 9.17) is 0 Å². The Morgan fingerprint density at radius 1 is 1.12 bits per heavy atom. The molecular formula is C18H16N6OS. The number of H-pyrrole nitrogens is 3. The highest BCUT2D eigenvalue weighted by atomic mass is 32.2. The SMILES string of the molecule is O=c1[nH][nH]c2cc(Sc3cc(Nc4cc(C5CC5)[nH]n4)ccn3)ccc12. The largest absolute Gasteiger partial charge is 0.339 e. The molecular weight excluding hydrogens is 348 g/mol. The molecule has 4 N–H and O–H groups in total. The lowest BCUT2D eigenvalue weighted by Crippen LogP contribution is -1.96. The minimum Gasteiger partial charge on any atom is -0.339 e. The second-order valence-corrected chi connectivity index (χ2v) is 7.47. The Kier molecular flexibility index (Phi) is 3.56. The number of hydrogen-bond donors (Lipinski definition) is 4. The van der Waals surface area contributed by atoms with Crippen molar-refractivity contribution in [3.8, 4) is 0 Å². The molecule has 130 valence electrons. The van der Waals surface area contributed by atoms with Crippen LogP contribution in [0.15, 0.2) is 57.3 Å². The van der Waals surface area contributed by atoms with E-state index in [0.717, 1.165) is 26.9 Å². The summed E-state index contributed by atoms with van der Waals surface area (Å²) in [4.78, 5) is 17.0. The maximum absolute atomic E-state index is 11.6. The molecule has 1 aromatic carbocycles. The molecule has 1 aliphatic carbocycles. The van der Waals surface area contributed by atoms with Crippen LogP contribution >= 0.6 is 11.8 Å². The molecule has 3 heterocycles. The van der Waals surface area contributed by atoms with E-state index < -0.39 is 0 Å². The van der Waals surface area contributed by atoms with Gasteiger partial charge in [-0.15, -0.1) is 0 Å². The van der Waals surface area contributed by atoms with Gasteiger partial charge in [0, 0.05) is 34.5 Å². The van der Waals surface area contributed by atoms with Crippen molar-refractivity contribution in [3.63, 3.8) is 0 Å². The van der Waals surface area contributed by atoms with Gasteiger partial charge in [-0.3, -0.25) is 20.1 Å². The van der Waals surface area contributed by atoms with Crippen LogP contribution in [0.1, 0.15) is 24.5 Å². The van der Waals surface area contributed by atoms with Crippen LogP contribution in [0.2, 0.25) is 0 Å². The number of hydrogen-bond acceptors (Lipinski definition) is 5. The lowest BCUT2D eigenvalue weighted by molar-refractivity contribution is 0.966. The first-order valence-corrected chi connectivity index (χ1v) is 9.23. The van der Waals surface area contributed by atoms with Crippen molar-refractivity contribution in [2.75, 3.05) is 5.32 Å². The van der Waals surface area contributed by atoms with Gasteiger partial charge in [-0.1, -0.05) is 11.8 Å². The summed E-state index contributed by atoms with van der Waals surface area (Å²) in [5.74, 6) is 1.47. The van der Waals surface area contributed by atoms with Crippen molar-refractivity contribution in [1.29, 1.82) is 0 Å². The zero-order chi connectivity index (χ0) is 17.5. The average Bonchev–Trinajstić information content (AvgIpc) is 3.29. The summed E-state index contributed by atoms with van der Waals surface area (Å²) in [6.07, 6.45) is 4.26. The van der Waals surface area contributed by atoms with Gasteiger partial charge >= 0.3 is 0 Å². The molecule has 0 spiro atoms. The molecule has 5 rings (SSSR count). The first-order chi connectivity index (χ1) is 12.7. The van der Waals surface area contributed by atoms with Gasteiger partial charge in [0.15, 0.2) is 5.82 Å². The third kappa shape index (κ3) is 2.99. The lowest BCUT2D eigenvalue weighted by Gasteiger charge is -2.05. The molecule has 0 aliphatic heterocycles. The molecule has 1 aliphatic rings. The zero-order valence-electron chi connectivity index (χ0n) is 13.7. The Bertz CT molecular complexity index is 1140. The van der Waals surface area contributed by atoms with Gasteiger partial charge < -0.3 is 5.32 Å². The van der Waals surface area contributed by atoms with Crippen molar-refractivity contribution in [2.24, 2.45) is 0 Å². The fourth-order valence-corrected chi connectivity index (χ4v) is 3.75. The number of nitrogens with one attached hydrogen (secondary N) is 4. The molecule has 8 heteroatoms. The van der Waals surface area contributed by atoms with Gasteiger partial charge in [-0.25, -0.2) is 4.98 Å². The number of pyridine rings is 1.